The Balaban J connectivity index is 2.25. The Morgan fingerprint density at radius 3 is 2.80 bits per heavy atom. The first-order valence-electron chi connectivity index (χ1n) is 5.12. The molecular formula is C12H15BrO2. The molecule has 3 heteroatoms. The van der Waals surface area contributed by atoms with Gasteiger partial charge in [0.2, 0.25) is 0 Å². The van der Waals surface area contributed by atoms with Crippen molar-refractivity contribution in [1.82, 2.24) is 0 Å². The number of methoxy groups -OCH3 is 1. The van der Waals surface area contributed by atoms with E-state index in [-0.39, 0.29) is 0 Å². The van der Waals surface area contributed by atoms with Gasteiger partial charge in [-0.25, -0.2) is 0 Å². The highest BCUT2D eigenvalue weighted by Gasteiger charge is 2.40. The molecule has 1 N–H and O–H groups in total. The number of aliphatic hydroxyl groups is 1. The summed E-state index contributed by atoms with van der Waals surface area (Å²) in [5.74, 6) is 0. The Bertz CT molecular complexity index is 359. The molecule has 0 saturated heterocycles. The lowest BCUT2D eigenvalue weighted by Gasteiger charge is -2.14. The summed E-state index contributed by atoms with van der Waals surface area (Å²) in [6.07, 6.45) is 2.56. The van der Waals surface area contributed by atoms with Crippen LogP contribution in [0.15, 0.2) is 22.7 Å². The molecular weight excluding hydrogens is 256 g/mol. The van der Waals surface area contributed by atoms with E-state index in [1.165, 1.54) is 5.56 Å². The van der Waals surface area contributed by atoms with E-state index in [1.54, 1.807) is 7.11 Å². The number of rotatable bonds is 4. The van der Waals surface area contributed by atoms with Crippen molar-refractivity contribution >= 4 is 15.9 Å². The van der Waals surface area contributed by atoms with Crippen LogP contribution in [-0.2, 0) is 17.8 Å². The minimum Gasteiger partial charge on any atom is -0.390 e. The first-order valence-corrected chi connectivity index (χ1v) is 5.91. The summed E-state index contributed by atoms with van der Waals surface area (Å²) in [7, 11) is 1.69. The number of hydrogen-bond donors (Lipinski definition) is 1. The van der Waals surface area contributed by atoms with Crippen LogP contribution in [0.1, 0.15) is 24.0 Å². The molecule has 0 aliphatic heterocycles. The molecule has 1 saturated carbocycles. The predicted molar refractivity (Wildman–Crippen MR) is 62.7 cm³/mol. The SMILES string of the molecule is COCc1cccc(Br)c1CC1(O)CC1. The van der Waals surface area contributed by atoms with Crippen LogP contribution in [0.5, 0.6) is 0 Å². The van der Waals surface area contributed by atoms with Crippen molar-refractivity contribution in [2.75, 3.05) is 7.11 Å². The van der Waals surface area contributed by atoms with Gasteiger partial charge in [-0.3, -0.25) is 0 Å². The fourth-order valence-electron chi connectivity index (χ4n) is 1.74. The van der Waals surface area contributed by atoms with Crippen LogP contribution in [-0.4, -0.2) is 17.8 Å². The fraction of sp³-hybridized carbons (Fsp3) is 0.500. The lowest BCUT2D eigenvalue weighted by molar-refractivity contribution is 0.148. The first kappa shape index (κ1) is 11.1. The average Bonchev–Trinajstić information content (AvgIpc) is 2.91. The van der Waals surface area contributed by atoms with Crippen LogP contribution < -0.4 is 0 Å². The molecule has 0 atom stereocenters. The standard InChI is InChI=1S/C12H15BrO2/c1-15-8-9-3-2-4-11(13)10(9)7-12(14)5-6-12/h2-4,14H,5-8H2,1H3. The van der Waals surface area contributed by atoms with Gasteiger partial charge < -0.3 is 9.84 Å². The first-order chi connectivity index (χ1) is 7.14. The van der Waals surface area contributed by atoms with Gasteiger partial charge in [0.05, 0.1) is 12.2 Å². The average molecular weight is 271 g/mol. The molecule has 0 spiro atoms. The van der Waals surface area contributed by atoms with Gasteiger partial charge in [0.1, 0.15) is 0 Å². The summed E-state index contributed by atoms with van der Waals surface area (Å²) in [5, 5.41) is 9.94. The normalized spacial score (nSPS) is 17.8. The van der Waals surface area contributed by atoms with Gasteiger partial charge >= 0.3 is 0 Å². The van der Waals surface area contributed by atoms with E-state index < -0.39 is 5.60 Å². The van der Waals surface area contributed by atoms with Gasteiger partial charge in [-0.2, -0.15) is 0 Å². The maximum absolute atomic E-state index is 9.94. The van der Waals surface area contributed by atoms with Gasteiger partial charge in [-0.1, -0.05) is 28.1 Å². The van der Waals surface area contributed by atoms with E-state index in [4.69, 9.17) is 4.74 Å². The van der Waals surface area contributed by atoms with E-state index in [0.29, 0.717) is 6.61 Å². The molecule has 0 aromatic heterocycles. The van der Waals surface area contributed by atoms with Crippen molar-refractivity contribution in [3.8, 4) is 0 Å². The zero-order valence-corrected chi connectivity index (χ0v) is 10.4. The van der Waals surface area contributed by atoms with Crippen LogP contribution in [0.3, 0.4) is 0 Å². The summed E-state index contributed by atoms with van der Waals surface area (Å²) in [4.78, 5) is 0. The lowest BCUT2D eigenvalue weighted by atomic mass is 10.0. The van der Waals surface area contributed by atoms with Crippen LogP contribution >= 0.6 is 15.9 Å². The maximum Gasteiger partial charge on any atom is 0.0716 e. The summed E-state index contributed by atoms with van der Waals surface area (Å²) >= 11 is 3.53. The van der Waals surface area contributed by atoms with Gasteiger partial charge in [-0.15, -0.1) is 0 Å². The zero-order chi connectivity index (χ0) is 10.9. The molecule has 15 heavy (non-hydrogen) atoms. The van der Waals surface area contributed by atoms with E-state index in [1.807, 2.05) is 12.1 Å². The summed E-state index contributed by atoms with van der Waals surface area (Å²) in [6.45, 7) is 0.602. The van der Waals surface area contributed by atoms with Crippen molar-refractivity contribution in [3.63, 3.8) is 0 Å². The zero-order valence-electron chi connectivity index (χ0n) is 8.79. The second kappa shape index (κ2) is 4.24. The molecule has 2 nitrogen and oxygen atoms in total. The summed E-state index contributed by atoms with van der Waals surface area (Å²) in [6, 6.07) is 6.06. The molecule has 0 unspecified atom stereocenters. The van der Waals surface area contributed by atoms with E-state index in [0.717, 1.165) is 29.3 Å². The van der Waals surface area contributed by atoms with Gasteiger partial charge in [0, 0.05) is 18.0 Å². The highest BCUT2D eigenvalue weighted by atomic mass is 79.9. The number of hydrogen-bond acceptors (Lipinski definition) is 2. The molecule has 1 aromatic rings. The Hall–Kier alpha value is -0.380. The van der Waals surface area contributed by atoms with Crippen LogP contribution in [0.25, 0.3) is 0 Å². The summed E-state index contributed by atoms with van der Waals surface area (Å²) < 4.78 is 6.22. The monoisotopic (exact) mass is 270 g/mol. The highest BCUT2D eigenvalue weighted by Crippen LogP contribution is 2.40. The molecule has 0 bridgehead atoms. The topological polar surface area (TPSA) is 29.5 Å². The molecule has 1 aliphatic carbocycles. The van der Waals surface area contributed by atoms with Gasteiger partial charge in [0.15, 0.2) is 0 Å². The second-order valence-electron chi connectivity index (χ2n) is 4.21. The third-order valence-corrected chi connectivity index (χ3v) is 3.59. The van der Waals surface area contributed by atoms with Crippen molar-refractivity contribution < 1.29 is 9.84 Å². The van der Waals surface area contributed by atoms with Crippen LogP contribution in [0, 0.1) is 0 Å². The van der Waals surface area contributed by atoms with Gasteiger partial charge in [0.25, 0.3) is 0 Å². The highest BCUT2D eigenvalue weighted by molar-refractivity contribution is 9.10. The van der Waals surface area contributed by atoms with Crippen molar-refractivity contribution in [1.29, 1.82) is 0 Å². The Labute approximate surface area is 98.4 Å². The molecule has 0 heterocycles. The quantitative estimate of drug-likeness (QED) is 0.912. The summed E-state index contributed by atoms with van der Waals surface area (Å²) in [5.41, 5.74) is 1.89. The molecule has 0 amide bonds. The van der Waals surface area contributed by atoms with Gasteiger partial charge in [-0.05, 0) is 30.0 Å². The Kier molecular flexibility index (Phi) is 3.14. The Morgan fingerprint density at radius 1 is 1.47 bits per heavy atom. The van der Waals surface area contributed by atoms with Crippen LogP contribution in [0.4, 0.5) is 0 Å². The van der Waals surface area contributed by atoms with Crippen molar-refractivity contribution in [2.24, 2.45) is 0 Å². The molecule has 82 valence electrons. The molecule has 0 radical (unpaired) electrons. The van der Waals surface area contributed by atoms with E-state index >= 15 is 0 Å². The van der Waals surface area contributed by atoms with E-state index in [2.05, 4.69) is 22.0 Å². The number of ether oxygens (including phenoxy) is 1. The lowest BCUT2D eigenvalue weighted by Crippen LogP contribution is -2.13. The molecule has 1 aliphatic rings. The predicted octanol–water partition coefficient (Wildman–Crippen LogP) is 2.66. The second-order valence-corrected chi connectivity index (χ2v) is 5.07. The third-order valence-electron chi connectivity index (χ3n) is 2.85. The Morgan fingerprint density at radius 2 is 2.20 bits per heavy atom. The largest absolute Gasteiger partial charge is 0.390 e. The van der Waals surface area contributed by atoms with Crippen molar-refractivity contribution in [3.05, 3.63) is 33.8 Å². The number of benzene rings is 1. The van der Waals surface area contributed by atoms with Crippen LogP contribution in [0.2, 0.25) is 0 Å². The smallest absolute Gasteiger partial charge is 0.0716 e. The minimum absolute atomic E-state index is 0.452. The molecule has 1 fully saturated rings. The van der Waals surface area contributed by atoms with Crippen molar-refractivity contribution in [2.45, 2.75) is 31.5 Å². The molecule has 2 rings (SSSR count). The fourth-order valence-corrected chi connectivity index (χ4v) is 2.29. The third kappa shape index (κ3) is 2.60. The number of halogens is 1. The maximum atomic E-state index is 9.94. The molecule has 1 aromatic carbocycles. The van der Waals surface area contributed by atoms with E-state index in [9.17, 15) is 5.11 Å². The minimum atomic E-state index is -0.452.